The molecule has 0 saturated heterocycles. The molecule has 0 unspecified atom stereocenters. The van der Waals surface area contributed by atoms with Crippen molar-refractivity contribution in [3.8, 4) is 0 Å². The fourth-order valence-electron chi connectivity index (χ4n) is 8.02. The van der Waals surface area contributed by atoms with E-state index in [1.54, 1.807) is 0 Å². The SMILES string of the molecule is CN1CCCNc2c(c(=O)c2=O)NCCCOCCOCCOCCCNc2c(c(=O)c2=O)NCCCN(C)CCCNc2c(c(=O)c2=O)NCCCOCCOCCOCCCNc2c(c(=O)c2=O)NCCC1. The summed E-state index contributed by atoms with van der Waals surface area (Å²) in [6.07, 6.45) is 5.43. The maximum Gasteiger partial charge on any atom is 0.253 e. The molecule has 5 rings (SSSR count). The van der Waals surface area contributed by atoms with Gasteiger partial charge in [0.2, 0.25) is 0 Å². The Morgan fingerprint density at radius 3 is 0.568 bits per heavy atom. The third kappa shape index (κ3) is 19.0. The van der Waals surface area contributed by atoms with Gasteiger partial charge in [0.15, 0.2) is 0 Å². The molecular formula is C50H78N10O14. The highest BCUT2D eigenvalue weighted by molar-refractivity contribution is 5.76. The zero-order valence-corrected chi connectivity index (χ0v) is 43.2. The summed E-state index contributed by atoms with van der Waals surface area (Å²) in [5.74, 6) is 0. The van der Waals surface area contributed by atoms with Crippen LogP contribution in [-0.2, 0) is 28.4 Å². The van der Waals surface area contributed by atoms with Crippen molar-refractivity contribution in [3.63, 3.8) is 0 Å². The molecule has 0 bridgehead atoms. The van der Waals surface area contributed by atoms with Gasteiger partial charge >= 0.3 is 0 Å². The van der Waals surface area contributed by atoms with E-state index >= 15 is 0 Å². The highest BCUT2D eigenvalue weighted by atomic mass is 16.5. The second-order valence-corrected chi connectivity index (χ2v) is 18.2. The first kappa shape index (κ1) is 59.3. The summed E-state index contributed by atoms with van der Waals surface area (Å²) in [5.41, 5.74) is -1.83. The molecule has 0 spiro atoms. The Kier molecular flexibility index (Phi) is 26.7. The molecule has 1 heterocycles. The van der Waals surface area contributed by atoms with Crippen molar-refractivity contribution in [2.45, 2.75) is 51.4 Å². The minimum Gasteiger partial charge on any atom is -0.380 e. The van der Waals surface area contributed by atoms with E-state index in [4.69, 9.17) is 28.4 Å². The zero-order valence-electron chi connectivity index (χ0n) is 43.2. The van der Waals surface area contributed by atoms with Gasteiger partial charge in [0, 0.05) is 78.8 Å². The number of nitrogens with one attached hydrogen (secondary N) is 8. The quantitative estimate of drug-likeness (QED) is 0.104. The van der Waals surface area contributed by atoms with Crippen molar-refractivity contribution in [2.24, 2.45) is 0 Å². The van der Waals surface area contributed by atoms with E-state index in [9.17, 15) is 38.4 Å². The molecule has 4 aromatic carbocycles. The van der Waals surface area contributed by atoms with E-state index in [1.807, 2.05) is 14.1 Å². The van der Waals surface area contributed by atoms with Gasteiger partial charge in [-0.05, 0) is 91.6 Å². The van der Waals surface area contributed by atoms with E-state index in [0.29, 0.717) is 203 Å². The molecule has 0 amide bonds. The van der Waals surface area contributed by atoms with Crippen molar-refractivity contribution in [1.29, 1.82) is 0 Å². The van der Waals surface area contributed by atoms with Crippen LogP contribution in [0.4, 0.5) is 45.5 Å². The van der Waals surface area contributed by atoms with Crippen LogP contribution in [0, 0.1) is 0 Å². The van der Waals surface area contributed by atoms with Crippen LogP contribution in [0.25, 0.3) is 0 Å². The van der Waals surface area contributed by atoms with Crippen molar-refractivity contribution >= 4 is 45.5 Å². The second kappa shape index (κ2) is 33.3. The molecular weight excluding hydrogens is 965 g/mol. The maximum absolute atomic E-state index is 12.2. The standard InChI is InChI=1S/C50H78N10O14/c1-59-19-3-11-51-35-39(47(65)43(35)61)55-15-7-23-69-27-31-73-33-29-71-25-9-17-57-41-37(45(63)49(41)67)53-13-5-21-60(2)22-6-14-54-38-42(50(68)46(38)64)58-18-10-26-72-30-34-74-32-28-70-24-8-16-56-40-36(44(62)48(40)66)52-12-4-20-59/h51-58H,3-34H2,1-2H3. The average Bonchev–Trinajstić information content (AvgIpc) is 3.40. The van der Waals surface area contributed by atoms with Crippen LogP contribution in [-0.4, -0.2) is 182 Å². The molecule has 4 aromatic rings. The highest BCUT2D eigenvalue weighted by Gasteiger charge is 2.23. The smallest absolute Gasteiger partial charge is 0.253 e. The van der Waals surface area contributed by atoms with Gasteiger partial charge in [0.25, 0.3) is 43.4 Å². The Bertz CT molecular complexity index is 2210. The summed E-state index contributed by atoms with van der Waals surface area (Å²) in [4.78, 5) is 102. The minimum atomic E-state index is -0.533. The summed E-state index contributed by atoms with van der Waals surface area (Å²) >= 11 is 0. The van der Waals surface area contributed by atoms with E-state index < -0.39 is 43.4 Å². The number of fused-ring (bicyclic) bond motifs is 4. The van der Waals surface area contributed by atoms with E-state index in [0.717, 1.165) is 51.9 Å². The molecule has 0 aromatic heterocycles. The molecule has 24 heteroatoms. The normalized spacial score (nSPS) is 19.7. The Hall–Kier alpha value is -5.60. The van der Waals surface area contributed by atoms with Gasteiger partial charge in [-0.3, -0.25) is 38.4 Å². The van der Waals surface area contributed by atoms with Gasteiger partial charge in [-0.2, -0.15) is 0 Å². The third-order valence-corrected chi connectivity index (χ3v) is 12.3. The highest BCUT2D eigenvalue weighted by Crippen LogP contribution is 2.17. The van der Waals surface area contributed by atoms with Gasteiger partial charge in [-0.15, -0.1) is 0 Å². The van der Waals surface area contributed by atoms with Crippen molar-refractivity contribution in [3.05, 3.63) is 81.8 Å². The predicted octanol–water partition coefficient (Wildman–Crippen LogP) is -0.436. The molecule has 0 radical (unpaired) electrons. The first-order chi connectivity index (χ1) is 36.0. The third-order valence-electron chi connectivity index (χ3n) is 12.3. The summed E-state index contributed by atoms with van der Waals surface area (Å²) < 4.78 is 33.7. The first-order valence-corrected chi connectivity index (χ1v) is 26.1. The molecule has 74 heavy (non-hydrogen) atoms. The minimum absolute atomic E-state index is 0.299. The lowest BCUT2D eigenvalue weighted by Crippen LogP contribution is -2.38. The van der Waals surface area contributed by atoms with Gasteiger partial charge in [0.05, 0.1) is 52.9 Å². The molecule has 24 nitrogen and oxygen atoms in total. The lowest BCUT2D eigenvalue weighted by molar-refractivity contribution is 0.0145. The van der Waals surface area contributed by atoms with Gasteiger partial charge in [-0.25, -0.2) is 0 Å². The van der Waals surface area contributed by atoms with Crippen LogP contribution in [0.1, 0.15) is 51.4 Å². The Morgan fingerprint density at radius 2 is 0.392 bits per heavy atom. The van der Waals surface area contributed by atoms with Crippen LogP contribution >= 0.6 is 0 Å². The maximum atomic E-state index is 12.2. The van der Waals surface area contributed by atoms with Crippen molar-refractivity contribution in [1.82, 2.24) is 9.80 Å². The molecule has 1 aliphatic heterocycles. The molecule has 8 N–H and O–H groups in total. The van der Waals surface area contributed by atoms with Crippen molar-refractivity contribution < 1.29 is 28.4 Å². The summed E-state index contributed by atoms with van der Waals surface area (Å²) in [6.45, 7) is 11.8. The van der Waals surface area contributed by atoms with Crippen LogP contribution in [0.3, 0.4) is 0 Å². The predicted molar refractivity (Wildman–Crippen MR) is 290 cm³/mol. The Balaban J connectivity index is 0.976. The molecule has 0 saturated carbocycles. The molecule has 0 atom stereocenters. The number of nitrogens with zero attached hydrogens (tertiary/aromatic N) is 2. The summed E-state index contributed by atoms with van der Waals surface area (Å²) in [5, 5.41) is 24.6. The molecule has 412 valence electrons. The van der Waals surface area contributed by atoms with Gasteiger partial charge in [-0.1, -0.05) is 0 Å². The van der Waals surface area contributed by atoms with Crippen LogP contribution in [0.5, 0.6) is 0 Å². The fourth-order valence-corrected chi connectivity index (χ4v) is 8.02. The first-order valence-electron chi connectivity index (χ1n) is 26.1. The average molecular weight is 1040 g/mol. The van der Waals surface area contributed by atoms with Crippen LogP contribution in [0.15, 0.2) is 38.4 Å². The molecule has 0 fully saturated rings. The Morgan fingerprint density at radius 1 is 0.243 bits per heavy atom. The van der Waals surface area contributed by atoms with Crippen molar-refractivity contribution in [2.75, 3.05) is 214 Å². The number of rotatable bonds is 0. The molecule has 1 aliphatic rings. The summed E-state index contributed by atoms with van der Waals surface area (Å²) in [7, 11) is 3.96. The van der Waals surface area contributed by atoms with E-state index in [2.05, 4.69) is 52.3 Å². The van der Waals surface area contributed by atoms with Crippen LogP contribution < -0.4 is 86.0 Å². The van der Waals surface area contributed by atoms with E-state index in [1.165, 1.54) is 0 Å². The molecule has 0 aliphatic carbocycles. The topological polar surface area (TPSA) is 295 Å². The van der Waals surface area contributed by atoms with E-state index in [-0.39, 0.29) is 0 Å². The number of ether oxygens (including phenoxy) is 6. The van der Waals surface area contributed by atoms with Gasteiger partial charge in [0.1, 0.15) is 45.5 Å². The monoisotopic (exact) mass is 1040 g/mol. The number of anilines is 8. The van der Waals surface area contributed by atoms with Gasteiger partial charge < -0.3 is 80.8 Å². The fraction of sp³-hybridized carbons (Fsp3) is 0.680. The lowest BCUT2D eigenvalue weighted by atomic mass is 10.2. The lowest BCUT2D eigenvalue weighted by Gasteiger charge is -2.19. The zero-order chi connectivity index (χ0) is 52.9. The number of hydrogen-bond donors (Lipinski definition) is 8. The number of hydrogen-bond acceptors (Lipinski definition) is 24. The largest absolute Gasteiger partial charge is 0.380 e. The second-order valence-electron chi connectivity index (χ2n) is 18.2. The Labute approximate surface area is 430 Å². The summed E-state index contributed by atoms with van der Waals surface area (Å²) in [6, 6.07) is 0. The van der Waals surface area contributed by atoms with Crippen LogP contribution in [0.2, 0.25) is 0 Å².